The first kappa shape index (κ1) is 24.7. The van der Waals surface area contributed by atoms with Crippen LogP contribution in [0.3, 0.4) is 0 Å². The number of aryl methyl sites for hydroxylation is 1. The zero-order chi connectivity index (χ0) is 24.9. The van der Waals surface area contributed by atoms with Gasteiger partial charge in [-0.15, -0.1) is 0 Å². The molecular weight excluding hydrogens is 489 g/mol. The van der Waals surface area contributed by atoms with Crippen molar-refractivity contribution in [2.45, 2.75) is 33.9 Å². The molecule has 0 saturated carbocycles. The van der Waals surface area contributed by atoms with Crippen molar-refractivity contribution >= 4 is 34.8 Å². The van der Waals surface area contributed by atoms with E-state index in [4.69, 9.17) is 37.1 Å². The lowest BCUT2D eigenvalue weighted by atomic mass is 10.2. The van der Waals surface area contributed by atoms with E-state index in [9.17, 15) is 4.79 Å². The fourth-order valence-corrected chi connectivity index (χ4v) is 4.02. The van der Waals surface area contributed by atoms with E-state index in [0.717, 1.165) is 17.0 Å². The largest absolute Gasteiger partial charge is 0.494 e. The van der Waals surface area contributed by atoms with Crippen LogP contribution in [0.25, 0.3) is 0 Å². The second-order valence-electron chi connectivity index (χ2n) is 7.85. The van der Waals surface area contributed by atoms with E-state index in [2.05, 4.69) is 10.4 Å². The maximum atomic E-state index is 12.8. The van der Waals surface area contributed by atoms with Crippen LogP contribution in [0.15, 0.2) is 59.0 Å². The molecule has 2 aromatic carbocycles. The number of hydrogen-bond acceptors (Lipinski definition) is 5. The Balaban J connectivity index is 1.39. The average Bonchev–Trinajstić information content (AvgIpc) is 3.41. The van der Waals surface area contributed by atoms with Gasteiger partial charge in [0.15, 0.2) is 5.76 Å². The standard InChI is InChI=1S/C26H25Cl2N3O4/c1-4-33-20-7-9-21(10-8-20)34-15-22-11-12-24(35-22)26(32)29-25-16(2)30-31(17(25)3)14-18-5-6-19(27)13-23(18)28/h5-13H,4,14-15H2,1-3H3,(H,29,32). The third-order valence-corrected chi connectivity index (χ3v) is 5.94. The number of rotatable bonds is 9. The van der Waals surface area contributed by atoms with Crippen LogP contribution >= 0.6 is 23.2 Å². The van der Waals surface area contributed by atoms with Gasteiger partial charge < -0.3 is 19.2 Å². The molecule has 2 heterocycles. The Morgan fingerprint density at radius 1 is 1.03 bits per heavy atom. The highest BCUT2D eigenvalue weighted by Gasteiger charge is 2.18. The molecule has 4 aromatic rings. The highest BCUT2D eigenvalue weighted by molar-refractivity contribution is 6.35. The van der Waals surface area contributed by atoms with Crippen LogP contribution in [-0.4, -0.2) is 22.3 Å². The van der Waals surface area contributed by atoms with Crippen molar-refractivity contribution in [2.75, 3.05) is 11.9 Å². The first-order chi connectivity index (χ1) is 16.8. The van der Waals surface area contributed by atoms with Gasteiger partial charge in [0.25, 0.3) is 5.91 Å². The quantitative estimate of drug-likeness (QED) is 0.270. The Kier molecular flexibility index (Phi) is 7.68. The summed E-state index contributed by atoms with van der Waals surface area (Å²) in [5, 5.41) is 8.59. The molecule has 0 atom stereocenters. The monoisotopic (exact) mass is 513 g/mol. The molecule has 0 aliphatic rings. The fourth-order valence-electron chi connectivity index (χ4n) is 3.55. The van der Waals surface area contributed by atoms with Crippen LogP contribution in [0.2, 0.25) is 10.0 Å². The number of aromatic nitrogens is 2. The van der Waals surface area contributed by atoms with E-state index >= 15 is 0 Å². The number of nitrogens with one attached hydrogen (secondary N) is 1. The number of anilines is 1. The number of nitrogens with zero attached hydrogens (tertiary/aromatic N) is 2. The van der Waals surface area contributed by atoms with Gasteiger partial charge in [0.1, 0.15) is 23.9 Å². The molecule has 0 aliphatic heterocycles. The number of benzene rings is 2. The van der Waals surface area contributed by atoms with Gasteiger partial charge in [0.05, 0.1) is 30.2 Å². The van der Waals surface area contributed by atoms with E-state index in [1.54, 1.807) is 28.9 Å². The second kappa shape index (κ2) is 10.9. The molecule has 0 radical (unpaired) electrons. The van der Waals surface area contributed by atoms with E-state index in [0.29, 0.717) is 46.1 Å². The van der Waals surface area contributed by atoms with E-state index in [1.165, 1.54) is 0 Å². The van der Waals surface area contributed by atoms with Gasteiger partial charge in [0.2, 0.25) is 0 Å². The lowest BCUT2D eigenvalue weighted by molar-refractivity contribution is 0.0992. The minimum Gasteiger partial charge on any atom is -0.494 e. The second-order valence-corrected chi connectivity index (χ2v) is 8.70. The minimum absolute atomic E-state index is 0.183. The highest BCUT2D eigenvalue weighted by Crippen LogP contribution is 2.26. The lowest BCUT2D eigenvalue weighted by Crippen LogP contribution is -2.12. The topological polar surface area (TPSA) is 78.5 Å². The zero-order valence-corrected chi connectivity index (χ0v) is 21.1. The molecule has 1 N–H and O–H groups in total. The van der Waals surface area contributed by atoms with E-state index in [1.807, 2.05) is 51.1 Å². The van der Waals surface area contributed by atoms with Crippen molar-refractivity contribution in [2.24, 2.45) is 0 Å². The van der Waals surface area contributed by atoms with Crippen molar-refractivity contribution in [1.82, 2.24) is 9.78 Å². The number of ether oxygens (including phenoxy) is 2. The van der Waals surface area contributed by atoms with Gasteiger partial charge in [-0.2, -0.15) is 5.10 Å². The molecule has 0 saturated heterocycles. The Labute approximate surface area is 213 Å². The number of carbonyl (C=O) groups excluding carboxylic acids is 1. The Hall–Kier alpha value is -3.42. The molecule has 0 fully saturated rings. The van der Waals surface area contributed by atoms with Gasteiger partial charge in [-0.05, 0) is 74.9 Å². The molecule has 0 spiro atoms. The molecule has 2 aromatic heterocycles. The number of halogens is 2. The van der Waals surface area contributed by atoms with Gasteiger partial charge in [-0.3, -0.25) is 9.48 Å². The minimum atomic E-state index is -0.368. The lowest BCUT2D eigenvalue weighted by Gasteiger charge is -2.08. The molecule has 4 rings (SSSR count). The van der Waals surface area contributed by atoms with Gasteiger partial charge >= 0.3 is 0 Å². The summed E-state index contributed by atoms with van der Waals surface area (Å²) in [6.45, 7) is 6.90. The van der Waals surface area contributed by atoms with Crippen molar-refractivity contribution < 1.29 is 18.7 Å². The Morgan fingerprint density at radius 2 is 1.74 bits per heavy atom. The van der Waals surface area contributed by atoms with Crippen LogP contribution in [0.5, 0.6) is 11.5 Å². The van der Waals surface area contributed by atoms with Crippen molar-refractivity contribution in [3.05, 3.63) is 93.1 Å². The number of furan rings is 1. The molecule has 9 heteroatoms. The molecule has 0 bridgehead atoms. The predicted molar refractivity (Wildman–Crippen MR) is 136 cm³/mol. The summed E-state index contributed by atoms with van der Waals surface area (Å²) in [5.41, 5.74) is 2.99. The van der Waals surface area contributed by atoms with Crippen molar-refractivity contribution in [3.8, 4) is 11.5 Å². The number of carbonyl (C=O) groups is 1. The van der Waals surface area contributed by atoms with Crippen molar-refractivity contribution in [1.29, 1.82) is 0 Å². The van der Waals surface area contributed by atoms with E-state index < -0.39 is 0 Å². The zero-order valence-electron chi connectivity index (χ0n) is 19.6. The van der Waals surface area contributed by atoms with E-state index in [-0.39, 0.29) is 18.3 Å². The summed E-state index contributed by atoms with van der Waals surface area (Å²) < 4.78 is 18.6. The van der Waals surface area contributed by atoms with Crippen LogP contribution in [0, 0.1) is 13.8 Å². The Morgan fingerprint density at radius 3 is 2.43 bits per heavy atom. The summed E-state index contributed by atoms with van der Waals surface area (Å²) in [6.07, 6.45) is 0. The maximum absolute atomic E-state index is 12.8. The molecule has 0 unspecified atom stereocenters. The SMILES string of the molecule is CCOc1ccc(OCc2ccc(C(=O)Nc3c(C)nn(Cc4ccc(Cl)cc4Cl)c3C)o2)cc1. The summed E-state index contributed by atoms with van der Waals surface area (Å²) in [4.78, 5) is 12.8. The number of amides is 1. The highest BCUT2D eigenvalue weighted by atomic mass is 35.5. The van der Waals surface area contributed by atoms with Gasteiger partial charge in [0, 0.05) is 10.0 Å². The van der Waals surface area contributed by atoms with Crippen LogP contribution in [0.1, 0.15) is 40.2 Å². The van der Waals surface area contributed by atoms with Crippen LogP contribution < -0.4 is 14.8 Å². The summed E-state index contributed by atoms with van der Waals surface area (Å²) in [6, 6.07) is 16.0. The Bertz CT molecular complexity index is 1330. The molecule has 182 valence electrons. The third kappa shape index (κ3) is 5.99. The summed E-state index contributed by atoms with van der Waals surface area (Å²) in [7, 11) is 0. The molecule has 35 heavy (non-hydrogen) atoms. The molecule has 1 amide bonds. The molecular formula is C26H25Cl2N3O4. The van der Waals surface area contributed by atoms with Crippen molar-refractivity contribution in [3.63, 3.8) is 0 Å². The summed E-state index contributed by atoms with van der Waals surface area (Å²) in [5.74, 6) is 1.80. The first-order valence-electron chi connectivity index (χ1n) is 11.1. The summed E-state index contributed by atoms with van der Waals surface area (Å²) >= 11 is 12.3. The predicted octanol–water partition coefficient (Wildman–Crippen LogP) is 6.68. The third-order valence-electron chi connectivity index (χ3n) is 5.36. The fraction of sp³-hybridized carbons (Fsp3) is 0.231. The first-order valence-corrected chi connectivity index (χ1v) is 11.8. The van der Waals surface area contributed by atoms with Crippen LogP contribution in [-0.2, 0) is 13.2 Å². The van der Waals surface area contributed by atoms with Crippen LogP contribution in [0.4, 0.5) is 5.69 Å². The number of hydrogen-bond donors (Lipinski definition) is 1. The van der Waals surface area contributed by atoms with Gasteiger partial charge in [-0.1, -0.05) is 29.3 Å². The van der Waals surface area contributed by atoms with Gasteiger partial charge in [-0.25, -0.2) is 0 Å². The normalized spacial score (nSPS) is 10.9. The average molecular weight is 514 g/mol. The maximum Gasteiger partial charge on any atom is 0.291 e. The molecule has 7 nitrogen and oxygen atoms in total. The smallest absolute Gasteiger partial charge is 0.291 e. The molecule has 0 aliphatic carbocycles.